The van der Waals surface area contributed by atoms with Crippen molar-refractivity contribution in [3.63, 3.8) is 0 Å². The van der Waals surface area contributed by atoms with Crippen molar-refractivity contribution in [1.29, 1.82) is 0 Å². The van der Waals surface area contributed by atoms with Gasteiger partial charge in [-0.05, 0) is 24.7 Å². The Morgan fingerprint density at radius 1 is 1.12 bits per heavy atom. The van der Waals surface area contributed by atoms with E-state index >= 15 is 0 Å². The number of ether oxygens (including phenoxy) is 1. The third kappa shape index (κ3) is 7.08. The van der Waals surface area contributed by atoms with Gasteiger partial charge in [-0.15, -0.1) is 0 Å². The molecule has 0 amide bonds. The van der Waals surface area contributed by atoms with Crippen LogP contribution in [0.25, 0.3) is 0 Å². The van der Waals surface area contributed by atoms with E-state index in [9.17, 15) is 0 Å². The maximum Gasteiger partial charge on any atom is 0.0494 e. The zero-order valence-corrected chi connectivity index (χ0v) is 12.0. The van der Waals surface area contributed by atoms with Crippen molar-refractivity contribution in [3.8, 4) is 0 Å². The topological polar surface area (TPSA) is 9.23 Å². The first-order valence-electron chi connectivity index (χ1n) is 7.94. The van der Waals surface area contributed by atoms with Crippen molar-refractivity contribution >= 4 is 0 Å². The Morgan fingerprint density at radius 3 is 2.53 bits per heavy atom. The largest absolute Gasteiger partial charge is 0.381 e. The van der Waals surface area contributed by atoms with Gasteiger partial charge in [0.1, 0.15) is 0 Å². The molecule has 0 heterocycles. The molecular weight excluding hydrogens is 208 g/mol. The zero-order valence-electron chi connectivity index (χ0n) is 12.0. The second-order valence-electron chi connectivity index (χ2n) is 5.78. The van der Waals surface area contributed by atoms with E-state index in [-0.39, 0.29) is 0 Å². The van der Waals surface area contributed by atoms with Gasteiger partial charge in [0, 0.05) is 13.2 Å². The predicted molar refractivity (Wildman–Crippen MR) is 75.3 cm³/mol. The molecule has 0 aromatic carbocycles. The first-order valence-corrected chi connectivity index (χ1v) is 7.94. The molecule has 1 unspecified atom stereocenters. The molecule has 1 atom stereocenters. The van der Waals surface area contributed by atoms with E-state index in [1.807, 2.05) is 0 Å². The van der Waals surface area contributed by atoms with E-state index in [0.717, 1.165) is 25.0 Å². The smallest absolute Gasteiger partial charge is 0.0494 e. The fourth-order valence-electron chi connectivity index (χ4n) is 2.87. The van der Waals surface area contributed by atoms with Crippen molar-refractivity contribution in [2.24, 2.45) is 11.8 Å². The molecule has 1 aliphatic carbocycles. The van der Waals surface area contributed by atoms with Gasteiger partial charge in [-0.3, -0.25) is 0 Å². The molecule has 17 heavy (non-hydrogen) atoms. The summed E-state index contributed by atoms with van der Waals surface area (Å²) < 4.78 is 5.89. The van der Waals surface area contributed by atoms with Crippen molar-refractivity contribution in [1.82, 2.24) is 0 Å². The monoisotopic (exact) mass is 240 g/mol. The fraction of sp³-hybridized carbons (Fsp3) is 1.00. The first kappa shape index (κ1) is 15.0. The predicted octanol–water partition coefficient (Wildman–Crippen LogP) is 5.19. The molecule has 1 aliphatic rings. The van der Waals surface area contributed by atoms with Gasteiger partial charge < -0.3 is 4.74 Å². The standard InChI is InChI=1S/C16H32O/c1-3-5-9-15(4-2)14-17-13-12-16-10-7-6-8-11-16/h15-16H,3-14H2,1-2H3. The Morgan fingerprint density at radius 2 is 1.88 bits per heavy atom. The van der Waals surface area contributed by atoms with Gasteiger partial charge in [0.15, 0.2) is 0 Å². The highest BCUT2D eigenvalue weighted by molar-refractivity contribution is 4.65. The molecule has 0 aromatic heterocycles. The van der Waals surface area contributed by atoms with E-state index in [1.54, 1.807) is 0 Å². The molecule has 102 valence electrons. The highest BCUT2D eigenvalue weighted by Gasteiger charge is 2.13. The number of unbranched alkanes of at least 4 members (excludes halogenated alkanes) is 1. The Balaban J connectivity index is 1.97. The minimum atomic E-state index is 0.807. The third-order valence-corrected chi connectivity index (χ3v) is 4.29. The zero-order chi connectivity index (χ0) is 12.3. The molecule has 1 heteroatoms. The molecule has 1 rings (SSSR count). The molecule has 0 aromatic rings. The molecule has 0 N–H and O–H groups in total. The van der Waals surface area contributed by atoms with Crippen LogP contribution < -0.4 is 0 Å². The second-order valence-corrected chi connectivity index (χ2v) is 5.78. The molecule has 0 aliphatic heterocycles. The van der Waals surface area contributed by atoms with E-state index in [1.165, 1.54) is 64.2 Å². The van der Waals surface area contributed by atoms with Crippen LogP contribution in [0.3, 0.4) is 0 Å². The summed E-state index contributed by atoms with van der Waals surface area (Å²) in [6, 6.07) is 0. The van der Waals surface area contributed by atoms with Crippen molar-refractivity contribution in [2.75, 3.05) is 13.2 Å². The lowest BCUT2D eigenvalue weighted by molar-refractivity contribution is 0.0797. The maximum atomic E-state index is 5.89. The summed E-state index contributed by atoms with van der Waals surface area (Å²) in [5.41, 5.74) is 0. The van der Waals surface area contributed by atoms with Crippen molar-refractivity contribution in [2.45, 2.75) is 78.1 Å². The summed E-state index contributed by atoms with van der Waals surface area (Å²) in [4.78, 5) is 0. The second kappa shape index (κ2) is 9.94. The van der Waals surface area contributed by atoms with E-state index in [0.29, 0.717) is 0 Å². The number of hydrogen-bond acceptors (Lipinski definition) is 1. The number of hydrogen-bond donors (Lipinski definition) is 0. The van der Waals surface area contributed by atoms with E-state index in [4.69, 9.17) is 4.74 Å². The van der Waals surface area contributed by atoms with Crippen LogP contribution in [0.1, 0.15) is 78.1 Å². The summed E-state index contributed by atoms with van der Waals surface area (Å²) >= 11 is 0. The molecule has 0 spiro atoms. The minimum Gasteiger partial charge on any atom is -0.381 e. The fourth-order valence-corrected chi connectivity index (χ4v) is 2.87. The summed E-state index contributed by atoms with van der Waals surface area (Å²) in [6.07, 6.45) is 13.9. The normalized spacial score (nSPS) is 19.4. The highest BCUT2D eigenvalue weighted by Crippen LogP contribution is 2.26. The van der Waals surface area contributed by atoms with E-state index in [2.05, 4.69) is 13.8 Å². The summed E-state index contributed by atoms with van der Waals surface area (Å²) in [5, 5.41) is 0. The van der Waals surface area contributed by atoms with Crippen LogP contribution in [0.2, 0.25) is 0 Å². The quantitative estimate of drug-likeness (QED) is 0.504. The van der Waals surface area contributed by atoms with Crippen LogP contribution in [0.4, 0.5) is 0 Å². The van der Waals surface area contributed by atoms with Gasteiger partial charge in [-0.1, -0.05) is 65.2 Å². The lowest BCUT2D eigenvalue weighted by Crippen LogP contribution is -2.13. The Kier molecular flexibility index (Phi) is 8.78. The van der Waals surface area contributed by atoms with Crippen LogP contribution >= 0.6 is 0 Å². The SMILES string of the molecule is CCCCC(CC)COCCC1CCCCC1. The third-order valence-electron chi connectivity index (χ3n) is 4.29. The van der Waals surface area contributed by atoms with Gasteiger partial charge in [-0.2, -0.15) is 0 Å². The molecule has 1 fully saturated rings. The minimum absolute atomic E-state index is 0.807. The Labute approximate surface area is 108 Å². The molecular formula is C16H32O. The molecule has 1 nitrogen and oxygen atoms in total. The summed E-state index contributed by atoms with van der Waals surface area (Å²) in [5.74, 6) is 1.78. The average Bonchev–Trinajstić information content (AvgIpc) is 2.39. The molecule has 0 radical (unpaired) electrons. The molecule has 0 saturated heterocycles. The van der Waals surface area contributed by atoms with Crippen molar-refractivity contribution in [3.05, 3.63) is 0 Å². The average molecular weight is 240 g/mol. The molecule has 0 bridgehead atoms. The summed E-state index contributed by atoms with van der Waals surface area (Å²) in [7, 11) is 0. The van der Waals surface area contributed by atoms with E-state index < -0.39 is 0 Å². The van der Waals surface area contributed by atoms with Gasteiger partial charge in [0.2, 0.25) is 0 Å². The van der Waals surface area contributed by atoms with Gasteiger partial charge in [-0.25, -0.2) is 0 Å². The Bertz CT molecular complexity index is 161. The maximum absolute atomic E-state index is 5.89. The van der Waals surface area contributed by atoms with Crippen LogP contribution in [0, 0.1) is 11.8 Å². The van der Waals surface area contributed by atoms with Gasteiger partial charge in [0.05, 0.1) is 0 Å². The lowest BCUT2D eigenvalue weighted by Gasteiger charge is -2.22. The van der Waals surface area contributed by atoms with Gasteiger partial charge >= 0.3 is 0 Å². The van der Waals surface area contributed by atoms with Crippen molar-refractivity contribution < 1.29 is 4.74 Å². The first-order chi connectivity index (χ1) is 8.36. The highest BCUT2D eigenvalue weighted by atomic mass is 16.5. The van der Waals surface area contributed by atoms with Crippen LogP contribution in [-0.4, -0.2) is 13.2 Å². The van der Waals surface area contributed by atoms with Crippen LogP contribution in [0.5, 0.6) is 0 Å². The van der Waals surface area contributed by atoms with Crippen LogP contribution in [0.15, 0.2) is 0 Å². The van der Waals surface area contributed by atoms with Gasteiger partial charge in [0.25, 0.3) is 0 Å². The number of rotatable bonds is 9. The lowest BCUT2D eigenvalue weighted by atomic mass is 9.87. The molecule has 1 saturated carbocycles. The summed E-state index contributed by atoms with van der Waals surface area (Å²) in [6.45, 7) is 6.58. The Hall–Kier alpha value is -0.0400. The van der Waals surface area contributed by atoms with Crippen LogP contribution in [-0.2, 0) is 4.74 Å².